The molecule has 7 nitrogen and oxygen atoms in total. The number of nitrogens with zero attached hydrogens (tertiary/aromatic N) is 6. The Bertz CT molecular complexity index is 823. The maximum Gasteiger partial charge on any atom is 0.253 e. The Morgan fingerprint density at radius 1 is 1.08 bits per heavy atom. The van der Waals surface area contributed by atoms with Gasteiger partial charge in [-0.3, -0.25) is 9.69 Å². The summed E-state index contributed by atoms with van der Waals surface area (Å²) in [6.45, 7) is 4.82. The predicted molar refractivity (Wildman–Crippen MR) is 100 cm³/mol. The Balaban J connectivity index is 1.40. The molecular formula is C19H26N6O. The molecule has 3 heterocycles. The molecule has 26 heavy (non-hydrogen) atoms. The normalized spacial score (nSPS) is 18.8. The van der Waals surface area contributed by atoms with E-state index in [0.717, 1.165) is 49.7 Å². The second-order valence-electron chi connectivity index (χ2n) is 7.49. The first-order valence-electron chi connectivity index (χ1n) is 9.41. The highest BCUT2D eigenvalue weighted by Crippen LogP contribution is 2.35. The first-order valence-corrected chi connectivity index (χ1v) is 9.41. The minimum atomic E-state index is 0.00363. The topological polar surface area (TPSA) is 67.2 Å². The van der Waals surface area contributed by atoms with Crippen molar-refractivity contribution in [3.8, 4) is 0 Å². The molecule has 0 bridgehead atoms. The fourth-order valence-electron chi connectivity index (χ4n) is 3.78. The predicted octanol–water partition coefficient (Wildman–Crippen LogP) is 1.51. The van der Waals surface area contributed by atoms with Gasteiger partial charge in [-0.05, 0) is 32.6 Å². The summed E-state index contributed by atoms with van der Waals surface area (Å²) in [7, 11) is 1.73. The Kier molecular flexibility index (Phi) is 4.72. The lowest BCUT2D eigenvalue weighted by Gasteiger charge is -2.39. The van der Waals surface area contributed by atoms with Crippen LogP contribution < -0.4 is 10.5 Å². The lowest BCUT2D eigenvalue weighted by Crippen LogP contribution is -2.46. The van der Waals surface area contributed by atoms with Crippen LogP contribution in [0.4, 0.5) is 5.82 Å². The van der Waals surface area contributed by atoms with Crippen LogP contribution in [0.5, 0.6) is 0 Å². The van der Waals surface area contributed by atoms with E-state index >= 15 is 0 Å². The van der Waals surface area contributed by atoms with Crippen molar-refractivity contribution in [2.75, 3.05) is 18.0 Å². The summed E-state index contributed by atoms with van der Waals surface area (Å²) in [5, 5.41) is 0. The number of piperidine rings is 1. The van der Waals surface area contributed by atoms with E-state index in [1.54, 1.807) is 25.8 Å². The number of likely N-dealkylation sites (tertiary alicyclic amines) is 1. The third-order valence-corrected chi connectivity index (χ3v) is 5.36. The van der Waals surface area contributed by atoms with Crippen molar-refractivity contribution in [2.45, 2.75) is 51.2 Å². The summed E-state index contributed by atoms with van der Waals surface area (Å²) in [5.41, 5.74) is 1.88. The van der Waals surface area contributed by atoms with Crippen molar-refractivity contribution < 1.29 is 0 Å². The van der Waals surface area contributed by atoms with Gasteiger partial charge in [-0.2, -0.15) is 0 Å². The van der Waals surface area contributed by atoms with Gasteiger partial charge < -0.3 is 9.47 Å². The summed E-state index contributed by atoms with van der Waals surface area (Å²) < 4.78 is 1.51. The highest BCUT2D eigenvalue weighted by molar-refractivity contribution is 5.43. The van der Waals surface area contributed by atoms with Crippen LogP contribution in [0.25, 0.3) is 0 Å². The first-order chi connectivity index (χ1) is 12.6. The maximum atomic E-state index is 11.8. The summed E-state index contributed by atoms with van der Waals surface area (Å²) in [4.78, 5) is 29.9. The zero-order valence-electron chi connectivity index (χ0n) is 15.5. The number of hydrogen-bond acceptors (Lipinski definition) is 6. The van der Waals surface area contributed by atoms with Crippen molar-refractivity contribution in [2.24, 2.45) is 7.05 Å². The molecule has 1 saturated carbocycles. The number of aromatic nitrogens is 4. The smallest absolute Gasteiger partial charge is 0.253 e. The van der Waals surface area contributed by atoms with Crippen LogP contribution in [0.3, 0.4) is 0 Å². The molecule has 2 aromatic rings. The second-order valence-corrected chi connectivity index (χ2v) is 7.49. The minimum absolute atomic E-state index is 0.00363. The second kappa shape index (κ2) is 7.15. The highest BCUT2D eigenvalue weighted by Gasteiger charge is 2.36. The van der Waals surface area contributed by atoms with Crippen LogP contribution >= 0.6 is 0 Å². The van der Waals surface area contributed by atoms with Crippen LogP contribution in [0.2, 0.25) is 0 Å². The molecule has 0 unspecified atom stereocenters. The molecule has 7 heteroatoms. The van der Waals surface area contributed by atoms with Crippen LogP contribution in [0.15, 0.2) is 29.6 Å². The van der Waals surface area contributed by atoms with Gasteiger partial charge in [0.15, 0.2) is 0 Å². The van der Waals surface area contributed by atoms with E-state index < -0.39 is 0 Å². The van der Waals surface area contributed by atoms with E-state index in [1.165, 1.54) is 17.4 Å². The largest absolute Gasteiger partial charge is 0.350 e. The summed E-state index contributed by atoms with van der Waals surface area (Å²) in [6, 6.07) is 4.92. The average molecular weight is 354 g/mol. The van der Waals surface area contributed by atoms with E-state index in [9.17, 15) is 4.79 Å². The molecule has 0 aromatic carbocycles. The quantitative estimate of drug-likeness (QED) is 0.811. The van der Waals surface area contributed by atoms with Gasteiger partial charge in [-0.25, -0.2) is 15.0 Å². The fourth-order valence-corrected chi connectivity index (χ4v) is 3.78. The van der Waals surface area contributed by atoms with Crippen molar-refractivity contribution in [1.29, 1.82) is 0 Å². The third kappa shape index (κ3) is 3.77. The number of aryl methyl sites for hydroxylation is 2. The van der Waals surface area contributed by atoms with Crippen LogP contribution in [-0.4, -0.2) is 49.6 Å². The van der Waals surface area contributed by atoms with Gasteiger partial charge >= 0.3 is 0 Å². The SMILES string of the molecule is Cc1cc(N(C2CC2)C2CCN(Cc3cc(=O)n(C)cn3)CC2)ncn1. The molecule has 1 aliphatic carbocycles. The standard InChI is InChI=1S/C19H26N6O/c1-14-9-18(21-12-20-14)25(16-3-4-16)17-5-7-24(8-6-17)11-15-10-19(26)23(2)13-22-15/h9-10,12-13,16-17H,3-8,11H2,1-2H3. The van der Waals surface area contributed by atoms with E-state index in [2.05, 4.69) is 30.8 Å². The Morgan fingerprint density at radius 2 is 1.81 bits per heavy atom. The number of anilines is 1. The van der Waals surface area contributed by atoms with Gasteiger partial charge in [-0.15, -0.1) is 0 Å². The van der Waals surface area contributed by atoms with E-state index in [1.807, 2.05) is 6.92 Å². The van der Waals surface area contributed by atoms with E-state index in [4.69, 9.17) is 0 Å². The maximum absolute atomic E-state index is 11.8. The molecular weight excluding hydrogens is 328 g/mol. The van der Waals surface area contributed by atoms with Crippen LogP contribution in [0.1, 0.15) is 37.1 Å². The molecule has 2 aromatic heterocycles. The molecule has 2 fully saturated rings. The molecule has 0 spiro atoms. The van der Waals surface area contributed by atoms with Gasteiger partial charge in [0.2, 0.25) is 0 Å². The average Bonchev–Trinajstić information content (AvgIpc) is 3.45. The van der Waals surface area contributed by atoms with Gasteiger partial charge in [0.05, 0.1) is 12.0 Å². The molecule has 0 atom stereocenters. The van der Waals surface area contributed by atoms with Gasteiger partial charge in [0.1, 0.15) is 12.1 Å². The monoisotopic (exact) mass is 354 g/mol. The highest BCUT2D eigenvalue weighted by atomic mass is 16.1. The number of hydrogen-bond donors (Lipinski definition) is 0. The molecule has 1 aliphatic heterocycles. The van der Waals surface area contributed by atoms with Crippen LogP contribution in [-0.2, 0) is 13.6 Å². The molecule has 2 aliphatic rings. The van der Waals surface area contributed by atoms with Gasteiger partial charge in [0.25, 0.3) is 5.56 Å². The Hall–Kier alpha value is -2.28. The Labute approximate surface area is 153 Å². The number of rotatable bonds is 5. The van der Waals surface area contributed by atoms with Crippen molar-refractivity contribution >= 4 is 5.82 Å². The van der Waals surface area contributed by atoms with E-state index in [0.29, 0.717) is 12.1 Å². The van der Waals surface area contributed by atoms with Crippen molar-refractivity contribution in [1.82, 2.24) is 24.4 Å². The molecule has 0 amide bonds. The van der Waals surface area contributed by atoms with Gasteiger partial charge in [0, 0.05) is 56.6 Å². The molecule has 4 rings (SSSR count). The van der Waals surface area contributed by atoms with Gasteiger partial charge in [-0.1, -0.05) is 0 Å². The zero-order valence-corrected chi connectivity index (χ0v) is 15.5. The van der Waals surface area contributed by atoms with E-state index in [-0.39, 0.29) is 5.56 Å². The van der Waals surface area contributed by atoms with Crippen molar-refractivity contribution in [3.63, 3.8) is 0 Å². The first kappa shape index (κ1) is 17.1. The zero-order chi connectivity index (χ0) is 18.1. The third-order valence-electron chi connectivity index (χ3n) is 5.36. The lowest BCUT2D eigenvalue weighted by molar-refractivity contribution is 0.198. The summed E-state index contributed by atoms with van der Waals surface area (Å²) >= 11 is 0. The fraction of sp³-hybridized carbons (Fsp3) is 0.579. The molecule has 0 N–H and O–H groups in total. The Morgan fingerprint density at radius 3 is 2.46 bits per heavy atom. The summed E-state index contributed by atoms with van der Waals surface area (Å²) in [6.07, 6.45) is 8.04. The minimum Gasteiger partial charge on any atom is -0.350 e. The summed E-state index contributed by atoms with van der Waals surface area (Å²) in [5.74, 6) is 1.08. The molecule has 138 valence electrons. The molecule has 1 saturated heterocycles. The lowest BCUT2D eigenvalue weighted by atomic mass is 10.0. The molecule has 0 radical (unpaired) electrons. The van der Waals surface area contributed by atoms with Crippen molar-refractivity contribution in [3.05, 3.63) is 46.5 Å². The van der Waals surface area contributed by atoms with Crippen LogP contribution in [0, 0.1) is 6.92 Å².